The van der Waals surface area contributed by atoms with Gasteiger partial charge in [0, 0.05) is 17.0 Å². The largest absolute Gasteiger partial charge is 0.391 e. The summed E-state index contributed by atoms with van der Waals surface area (Å²) in [5.41, 5.74) is 2.80. The highest BCUT2D eigenvalue weighted by molar-refractivity contribution is 7.13. The minimum Gasteiger partial charge on any atom is -0.353 e. The van der Waals surface area contributed by atoms with Gasteiger partial charge in [-0.3, -0.25) is 4.79 Å². The van der Waals surface area contributed by atoms with Crippen molar-refractivity contribution in [3.8, 4) is 10.6 Å². The molecule has 1 N–H and O–H groups in total. The van der Waals surface area contributed by atoms with E-state index in [1.807, 2.05) is 36.6 Å². The van der Waals surface area contributed by atoms with E-state index in [0.717, 1.165) is 16.1 Å². The summed E-state index contributed by atoms with van der Waals surface area (Å²) >= 11 is 1.46. The van der Waals surface area contributed by atoms with Crippen LogP contribution < -0.4 is 5.32 Å². The van der Waals surface area contributed by atoms with Crippen molar-refractivity contribution in [3.63, 3.8) is 0 Å². The van der Waals surface area contributed by atoms with Crippen LogP contribution in [-0.4, -0.2) is 23.1 Å². The van der Waals surface area contributed by atoms with Gasteiger partial charge < -0.3 is 5.32 Å². The number of nitrogens with zero attached hydrogens (tertiary/aromatic N) is 1. The smallest absolute Gasteiger partial charge is 0.353 e. The average molecular weight is 382 g/mol. The number of carbonyl (C=O) groups excluding carboxylic acids is 1. The maximum atomic E-state index is 12.9. The summed E-state index contributed by atoms with van der Waals surface area (Å²) in [5.74, 6) is -1.58. The lowest BCUT2D eigenvalue weighted by molar-refractivity contribution is -0.184. The van der Waals surface area contributed by atoms with E-state index in [2.05, 4.69) is 10.3 Å². The quantitative estimate of drug-likeness (QED) is 0.817. The third-order valence-corrected chi connectivity index (χ3v) is 5.63. The molecule has 1 saturated carbocycles. The summed E-state index contributed by atoms with van der Waals surface area (Å²) in [6.07, 6.45) is -2.87. The molecule has 1 aromatic carbocycles. The van der Waals surface area contributed by atoms with Crippen molar-refractivity contribution in [2.45, 2.75) is 51.2 Å². The van der Waals surface area contributed by atoms with Crippen LogP contribution in [0.15, 0.2) is 29.6 Å². The Balaban J connectivity index is 1.56. The summed E-state index contributed by atoms with van der Waals surface area (Å²) in [4.78, 5) is 16.7. The molecule has 0 radical (unpaired) electrons. The molecule has 0 aliphatic heterocycles. The van der Waals surface area contributed by atoms with Crippen LogP contribution in [-0.2, 0) is 11.2 Å². The highest BCUT2D eigenvalue weighted by atomic mass is 32.1. The van der Waals surface area contributed by atoms with E-state index in [1.165, 1.54) is 11.3 Å². The van der Waals surface area contributed by atoms with E-state index in [0.29, 0.717) is 18.5 Å². The first-order chi connectivity index (χ1) is 12.3. The summed E-state index contributed by atoms with van der Waals surface area (Å²) in [6, 6.07) is 7.57. The molecule has 140 valence electrons. The molecule has 1 heterocycles. The first-order valence-corrected chi connectivity index (χ1v) is 9.57. The van der Waals surface area contributed by atoms with Crippen molar-refractivity contribution in [3.05, 3.63) is 40.9 Å². The third-order valence-electron chi connectivity index (χ3n) is 4.69. The number of benzene rings is 1. The van der Waals surface area contributed by atoms with Crippen molar-refractivity contribution >= 4 is 17.2 Å². The zero-order valence-corrected chi connectivity index (χ0v) is 15.3. The zero-order chi connectivity index (χ0) is 18.7. The van der Waals surface area contributed by atoms with Gasteiger partial charge in [0.1, 0.15) is 5.01 Å². The number of aryl methyl sites for hydroxylation is 1. The van der Waals surface area contributed by atoms with E-state index in [-0.39, 0.29) is 25.2 Å². The number of halogens is 3. The summed E-state index contributed by atoms with van der Waals surface area (Å²) in [6.45, 7) is 2.01. The molecule has 1 aliphatic rings. The lowest BCUT2D eigenvalue weighted by atomic mass is 9.85. The summed E-state index contributed by atoms with van der Waals surface area (Å²) < 4.78 is 38.6. The number of hydrogen-bond acceptors (Lipinski definition) is 3. The molecule has 0 spiro atoms. The van der Waals surface area contributed by atoms with Crippen molar-refractivity contribution in [2.24, 2.45) is 5.92 Å². The predicted octanol–water partition coefficient (Wildman–Crippen LogP) is 4.90. The number of carbonyl (C=O) groups is 1. The normalized spacial score (nSPS) is 20.8. The molecular formula is C19H21F3N2OS. The summed E-state index contributed by atoms with van der Waals surface area (Å²) in [7, 11) is 0. The maximum absolute atomic E-state index is 12.9. The molecule has 2 atom stereocenters. The van der Waals surface area contributed by atoms with Crippen LogP contribution >= 0.6 is 11.3 Å². The Kier molecular flexibility index (Phi) is 5.65. The molecule has 1 aliphatic carbocycles. The van der Waals surface area contributed by atoms with Crippen LogP contribution in [0.4, 0.5) is 13.2 Å². The molecule has 0 bridgehead atoms. The van der Waals surface area contributed by atoms with Gasteiger partial charge in [0.05, 0.1) is 18.0 Å². The summed E-state index contributed by atoms with van der Waals surface area (Å²) in [5, 5.41) is 5.41. The Bertz CT molecular complexity index is 755. The Morgan fingerprint density at radius 2 is 2.00 bits per heavy atom. The molecule has 26 heavy (non-hydrogen) atoms. The Labute approximate surface area is 154 Å². The first-order valence-electron chi connectivity index (χ1n) is 8.69. The number of amides is 1. The fourth-order valence-corrected chi connectivity index (χ4v) is 4.10. The minimum atomic E-state index is -4.18. The Morgan fingerprint density at radius 3 is 2.69 bits per heavy atom. The Hall–Kier alpha value is -1.89. The number of nitrogens with one attached hydrogen (secondary N) is 1. The standard InChI is InChI=1S/C19H21F3N2OS/c1-12-5-7-13(8-6-12)18-24-16(11-26-18)10-17(25)23-15-4-2-3-14(9-15)19(20,21)22/h5-8,11,14-15H,2-4,9-10H2,1H3,(H,23,25). The predicted molar refractivity (Wildman–Crippen MR) is 95.9 cm³/mol. The maximum Gasteiger partial charge on any atom is 0.391 e. The lowest BCUT2D eigenvalue weighted by Gasteiger charge is -2.31. The van der Waals surface area contributed by atoms with Gasteiger partial charge in [-0.1, -0.05) is 36.2 Å². The second kappa shape index (κ2) is 7.78. The number of alkyl halides is 3. The van der Waals surface area contributed by atoms with Crippen LogP contribution in [0.25, 0.3) is 10.6 Å². The van der Waals surface area contributed by atoms with E-state index < -0.39 is 18.1 Å². The number of rotatable bonds is 4. The molecular weight excluding hydrogens is 361 g/mol. The second-order valence-electron chi connectivity index (χ2n) is 6.86. The number of aromatic nitrogens is 1. The van der Waals surface area contributed by atoms with Gasteiger partial charge in [-0.05, 0) is 26.2 Å². The Morgan fingerprint density at radius 1 is 1.27 bits per heavy atom. The van der Waals surface area contributed by atoms with Gasteiger partial charge in [-0.15, -0.1) is 11.3 Å². The fraction of sp³-hybridized carbons (Fsp3) is 0.474. The van der Waals surface area contributed by atoms with E-state index in [9.17, 15) is 18.0 Å². The van der Waals surface area contributed by atoms with Gasteiger partial charge in [0.2, 0.25) is 5.91 Å². The fourth-order valence-electron chi connectivity index (χ4n) is 3.28. The van der Waals surface area contributed by atoms with Crippen LogP contribution in [0, 0.1) is 12.8 Å². The topological polar surface area (TPSA) is 42.0 Å². The SMILES string of the molecule is Cc1ccc(-c2nc(CC(=O)NC3CCCC(C(F)(F)F)C3)cs2)cc1. The first kappa shape index (κ1) is 18.9. The van der Waals surface area contributed by atoms with Gasteiger partial charge >= 0.3 is 6.18 Å². The molecule has 7 heteroatoms. The van der Waals surface area contributed by atoms with E-state index in [1.54, 1.807) is 0 Å². The molecule has 2 unspecified atom stereocenters. The van der Waals surface area contributed by atoms with Crippen LogP contribution in [0.3, 0.4) is 0 Å². The number of hydrogen-bond donors (Lipinski definition) is 1. The zero-order valence-electron chi connectivity index (χ0n) is 14.5. The van der Waals surface area contributed by atoms with Gasteiger partial charge in [-0.2, -0.15) is 13.2 Å². The van der Waals surface area contributed by atoms with E-state index in [4.69, 9.17) is 0 Å². The van der Waals surface area contributed by atoms with Crippen molar-refractivity contribution in [1.82, 2.24) is 10.3 Å². The molecule has 1 aromatic heterocycles. The average Bonchev–Trinajstić information content (AvgIpc) is 3.03. The van der Waals surface area contributed by atoms with Crippen molar-refractivity contribution in [2.75, 3.05) is 0 Å². The highest BCUT2D eigenvalue weighted by Gasteiger charge is 2.42. The van der Waals surface area contributed by atoms with Gasteiger partial charge in [0.25, 0.3) is 0 Å². The second-order valence-corrected chi connectivity index (χ2v) is 7.71. The molecule has 3 rings (SSSR count). The van der Waals surface area contributed by atoms with Crippen LogP contribution in [0.5, 0.6) is 0 Å². The monoisotopic (exact) mass is 382 g/mol. The van der Waals surface area contributed by atoms with Crippen LogP contribution in [0.2, 0.25) is 0 Å². The minimum absolute atomic E-state index is 0.0269. The van der Waals surface area contributed by atoms with E-state index >= 15 is 0 Å². The third kappa shape index (κ3) is 4.84. The van der Waals surface area contributed by atoms with Crippen LogP contribution in [0.1, 0.15) is 36.9 Å². The van der Waals surface area contributed by atoms with Crippen molar-refractivity contribution < 1.29 is 18.0 Å². The van der Waals surface area contributed by atoms with Gasteiger partial charge in [-0.25, -0.2) is 4.98 Å². The molecule has 3 nitrogen and oxygen atoms in total. The van der Waals surface area contributed by atoms with Gasteiger partial charge in [0.15, 0.2) is 0 Å². The lowest BCUT2D eigenvalue weighted by Crippen LogP contribution is -2.42. The highest BCUT2D eigenvalue weighted by Crippen LogP contribution is 2.37. The number of thiazole rings is 1. The molecule has 1 amide bonds. The molecule has 0 saturated heterocycles. The van der Waals surface area contributed by atoms with Crippen molar-refractivity contribution in [1.29, 1.82) is 0 Å². The molecule has 1 fully saturated rings. The molecule has 2 aromatic rings.